The molecule has 0 saturated heterocycles. The van der Waals surface area contributed by atoms with Crippen LogP contribution in [0.3, 0.4) is 0 Å². The van der Waals surface area contributed by atoms with Gasteiger partial charge < -0.3 is 0 Å². The van der Waals surface area contributed by atoms with Gasteiger partial charge in [0, 0.05) is 5.56 Å². The minimum atomic E-state index is -0.742. The summed E-state index contributed by atoms with van der Waals surface area (Å²) in [5, 5.41) is 2.04. The van der Waals surface area contributed by atoms with E-state index >= 15 is 0 Å². The van der Waals surface area contributed by atoms with Gasteiger partial charge >= 0.3 is 0 Å². The molecule has 0 radical (unpaired) electrons. The minimum absolute atomic E-state index is 0.121. The third-order valence-electron chi connectivity index (χ3n) is 4.37. The summed E-state index contributed by atoms with van der Waals surface area (Å²) in [5.41, 5.74) is 3.90. The molecule has 1 aliphatic rings. The van der Waals surface area contributed by atoms with Crippen LogP contribution in [0.15, 0.2) is 90.3 Å². The highest BCUT2D eigenvalue weighted by molar-refractivity contribution is 8.04. The number of carbonyl (C=O) groups is 1. The molecule has 0 amide bonds. The predicted molar refractivity (Wildman–Crippen MR) is 101 cm³/mol. The van der Waals surface area contributed by atoms with Crippen molar-refractivity contribution < 1.29 is 4.79 Å². The zero-order valence-electron chi connectivity index (χ0n) is 13.1. The molecule has 24 heavy (non-hydrogen) atoms. The van der Waals surface area contributed by atoms with Gasteiger partial charge in [-0.05, 0) is 28.2 Å². The van der Waals surface area contributed by atoms with Gasteiger partial charge in [0.25, 0.3) is 0 Å². The summed E-state index contributed by atoms with van der Waals surface area (Å²) in [4.78, 5) is 13.6. The molecular formula is C22H16OS. The van der Waals surface area contributed by atoms with E-state index in [4.69, 9.17) is 0 Å². The average molecular weight is 328 g/mol. The first kappa shape index (κ1) is 15.0. The first-order valence-corrected chi connectivity index (χ1v) is 8.79. The van der Waals surface area contributed by atoms with Crippen molar-refractivity contribution in [1.29, 1.82) is 0 Å². The lowest BCUT2D eigenvalue weighted by atomic mass is 9.81. The smallest absolute Gasteiger partial charge is 0.188 e. The summed E-state index contributed by atoms with van der Waals surface area (Å²) < 4.78 is -0.742. The topological polar surface area (TPSA) is 17.1 Å². The van der Waals surface area contributed by atoms with E-state index in [1.807, 2.05) is 78.2 Å². The quantitative estimate of drug-likeness (QED) is 0.588. The maximum atomic E-state index is 13.6. The lowest BCUT2D eigenvalue weighted by Crippen LogP contribution is -2.35. The Balaban J connectivity index is 1.99. The van der Waals surface area contributed by atoms with Crippen molar-refractivity contribution >= 4 is 23.6 Å². The molecule has 1 aliphatic heterocycles. The van der Waals surface area contributed by atoms with E-state index < -0.39 is 4.75 Å². The Hall–Kier alpha value is -2.58. The number of Topliss-reactive ketones (excluding diaryl/α,β-unsaturated/α-hetero) is 1. The highest BCUT2D eigenvalue weighted by Crippen LogP contribution is 2.50. The van der Waals surface area contributed by atoms with Gasteiger partial charge in [-0.2, -0.15) is 0 Å². The fourth-order valence-electron chi connectivity index (χ4n) is 3.23. The molecule has 116 valence electrons. The summed E-state index contributed by atoms with van der Waals surface area (Å²) in [7, 11) is 0. The molecule has 0 aromatic heterocycles. The van der Waals surface area contributed by atoms with Crippen molar-refractivity contribution in [3.8, 4) is 0 Å². The molecule has 1 nitrogen and oxygen atoms in total. The number of hydrogen-bond acceptors (Lipinski definition) is 2. The van der Waals surface area contributed by atoms with Crippen LogP contribution in [0.5, 0.6) is 0 Å². The number of fused-ring (bicyclic) bond motifs is 1. The third kappa shape index (κ3) is 2.31. The zero-order valence-corrected chi connectivity index (χ0v) is 13.9. The fraction of sp³-hybridized carbons (Fsp3) is 0.0455. The number of benzene rings is 3. The van der Waals surface area contributed by atoms with E-state index in [2.05, 4.69) is 18.2 Å². The molecule has 0 saturated carbocycles. The molecule has 0 spiro atoms. The Kier molecular flexibility index (Phi) is 3.83. The van der Waals surface area contributed by atoms with E-state index in [9.17, 15) is 4.79 Å². The van der Waals surface area contributed by atoms with Crippen molar-refractivity contribution in [1.82, 2.24) is 0 Å². The highest BCUT2D eigenvalue weighted by Gasteiger charge is 2.44. The van der Waals surface area contributed by atoms with Crippen molar-refractivity contribution in [2.75, 3.05) is 0 Å². The molecule has 4 rings (SSSR count). The van der Waals surface area contributed by atoms with Crippen LogP contribution >= 0.6 is 11.8 Å². The van der Waals surface area contributed by atoms with Crippen LogP contribution in [-0.4, -0.2) is 5.78 Å². The third-order valence-corrected chi connectivity index (χ3v) is 5.64. The van der Waals surface area contributed by atoms with Crippen LogP contribution in [0, 0.1) is 0 Å². The second-order valence-corrected chi connectivity index (χ2v) is 6.87. The fourth-order valence-corrected chi connectivity index (χ4v) is 4.46. The number of rotatable bonds is 3. The van der Waals surface area contributed by atoms with Gasteiger partial charge in [-0.1, -0.05) is 84.9 Å². The molecule has 0 N–H and O–H groups in total. The van der Waals surface area contributed by atoms with Crippen LogP contribution in [0.25, 0.3) is 6.08 Å². The number of ketones is 1. The summed E-state index contributed by atoms with van der Waals surface area (Å²) in [6.07, 6.45) is 2.08. The van der Waals surface area contributed by atoms with Crippen molar-refractivity contribution in [3.05, 3.63) is 113 Å². The zero-order chi connectivity index (χ0) is 16.4. The minimum Gasteiger partial charge on any atom is -0.292 e. The number of hydrogen-bond donors (Lipinski definition) is 0. The molecule has 0 fully saturated rings. The molecule has 0 aliphatic carbocycles. The Bertz CT molecular complexity index is 900. The summed E-state index contributed by atoms with van der Waals surface area (Å²) in [6, 6.07) is 27.8. The molecule has 3 aromatic carbocycles. The highest BCUT2D eigenvalue weighted by atomic mass is 32.2. The summed E-state index contributed by atoms with van der Waals surface area (Å²) >= 11 is 1.58. The maximum absolute atomic E-state index is 13.6. The molecule has 0 bridgehead atoms. The Morgan fingerprint density at radius 1 is 0.750 bits per heavy atom. The van der Waals surface area contributed by atoms with Crippen LogP contribution in [0.2, 0.25) is 0 Å². The lowest BCUT2D eigenvalue weighted by Gasteiger charge is -2.35. The molecule has 2 heteroatoms. The Morgan fingerprint density at radius 3 is 2.12 bits per heavy atom. The van der Waals surface area contributed by atoms with Crippen LogP contribution in [-0.2, 0) is 4.75 Å². The SMILES string of the molecule is O=C(c1ccccc1)C1(c2ccccc2)SC=Cc2ccccc21. The molecular weight excluding hydrogens is 312 g/mol. The molecule has 1 unspecified atom stereocenters. The van der Waals surface area contributed by atoms with Crippen molar-refractivity contribution in [3.63, 3.8) is 0 Å². The van der Waals surface area contributed by atoms with Gasteiger partial charge in [-0.25, -0.2) is 0 Å². The standard InChI is InChI=1S/C22H16OS/c23-21(18-10-3-1-4-11-18)22(19-12-5-2-6-13-19)20-14-8-7-9-17(20)15-16-24-22/h1-16H. The Labute approximate surface area is 146 Å². The van der Waals surface area contributed by atoms with Crippen molar-refractivity contribution in [2.45, 2.75) is 4.75 Å². The second kappa shape index (κ2) is 6.14. The van der Waals surface area contributed by atoms with E-state index in [1.54, 1.807) is 11.8 Å². The van der Waals surface area contributed by atoms with Gasteiger partial charge in [0.2, 0.25) is 0 Å². The first-order chi connectivity index (χ1) is 11.8. The van der Waals surface area contributed by atoms with Gasteiger partial charge in [0.05, 0.1) is 0 Å². The number of carbonyl (C=O) groups excluding carboxylic acids is 1. The Morgan fingerprint density at radius 2 is 1.38 bits per heavy atom. The lowest BCUT2D eigenvalue weighted by molar-refractivity contribution is 0.0959. The molecule has 1 heterocycles. The van der Waals surface area contributed by atoms with E-state index in [0.29, 0.717) is 0 Å². The predicted octanol–water partition coefficient (Wildman–Crippen LogP) is 5.53. The first-order valence-electron chi connectivity index (χ1n) is 7.91. The maximum Gasteiger partial charge on any atom is 0.188 e. The van der Waals surface area contributed by atoms with Gasteiger partial charge in [-0.3, -0.25) is 4.79 Å². The monoisotopic (exact) mass is 328 g/mol. The normalized spacial score (nSPS) is 18.8. The summed E-state index contributed by atoms with van der Waals surface area (Å²) in [6.45, 7) is 0. The largest absolute Gasteiger partial charge is 0.292 e. The van der Waals surface area contributed by atoms with Crippen molar-refractivity contribution in [2.24, 2.45) is 0 Å². The van der Waals surface area contributed by atoms with Crippen LogP contribution < -0.4 is 0 Å². The average Bonchev–Trinajstić information content (AvgIpc) is 2.68. The van der Waals surface area contributed by atoms with Gasteiger partial charge in [0.1, 0.15) is 4.75 Å². The molecule has 1 atom stereocenters. The second-order valence-electron chi connectivity index (χ2n) is 5.75. The number of thioether (sulfide) groups is 1. The van der Waals surface area contributed by atoms with E-state index in [0.717, 1.165) is 22.3 Å². The van der Waals surface area contributed by atoms with Gasteiger partial charge in [0.15, 0.2) is 5.78 Å². The molecule has 3 aromatic rings. The van der Waals surface area contributed by atoms with Crippen LogP contribution in [0.4, 0.5) is 0 Å². The van der Waals surface area contributed by atoms with E-state index in [-0.39, 0.29) is 5.78 Å². The summed E-state index contributed by atoms with van der Waals surface area (Å²) in [5.74, 6) is 0.121. The van der Waals surface area contributed by atoms with Gasteiger partial charge in [-0.15, -0.1) is 11.8 Å². The van der Waals surface area contributed by atoms with E-state index in [1.165, 1.54) is 0 Å². The van der Waals surface area contributed by atoms with Crippen LogP contribution in [0.1, 0.15) is 27.0 Å².